The fourth-order valence-electron chi connectivity index (χ4n) is 1.46. The molecular weight excluding hydrogens is 262 g/mol. The molecule has 0 aliphatic heterocycles. The Labute approximate surface area is 117 Å². The molecule has 1 aromatic carbocycles. The van der Waals surface area contributed by atoms with Crippen molar-refractivity contribution >= 4 is 11.9 Å². The first-order valence-corrected chi connectivity index (χ1v) is 6.27. The van der Waals surface area contributed by atoms with Crippen LogP contribution in [0, 0.1) is 0 Å². The Kier molecular flexibility index (Phi) is 6.52. The number of carbonyl (C=O) groups excluding carboxylic acids is 1. The molecule has 110 valence electrons. The number of hydrogen-bond acceptors (Lipinski definition) is 4. The highest BCUT2D eigenvalue weighted by Gasteiger charge is 2.12. The molecule has 1 rings (SSSR count). The van der Waals surface area contributed by atoms with Crippen LogP contribution < -0.4 is 10.1 Å². The van der Waals surface area contributed by atoms with Crippen LogP contribution in [0.4, 0.5) is 0 Å². The van der Waals surface area contributed by atoms with Gasteiger partial charge in [-0.1, -0.05) is 12.1 Å². The minimum absolute atomic E-state index is 0.254. The Morgan fingerprint density at radius 2 is 1.95 bits per heavy atom. The third kappa shape index (κ3) is 5.71. The molecule has 1 atom stereocenters. The third-order valence-electron chi connectivity index (χ3n) is 2.71. The van der Waals surface area contributed by atoms with Crippen molar-refractivity contribution in [3.63, 3.8) is 0 Å². The quantitative estimate of drug-likeness (QED) is 0.737. The molecular formula is C14H19NO5. The molecule has 0 saturated heterocycles. The van der Waals surface area contributed by atoms with Crippen molar-refractivity contribution in [2.45, 2.75) is 19.4 Å². The van der Waals surface area contributed by atoms with Crippen LogP contribution in [0.25, 0.3) is 0 Å². The second-order valence-corrected chi connectivity index (χ2v) is 4.24. The van der Waals surface area contributed by atoms with Crippen LogP contribution in [0.1, 0.15) is 12.5 Å². The van der Waals surface area contributed by atoms with E-state index in [1.165, 1.54) is 6.92 Å². The summed E-state index contributed by atoms with van der Waals surface area (Å²) < 4.78 is 9.92. The fraction of sp³-hybridized carbons (Fsp3) is 0.429. The van der Waals surface area contributed by atoms with E-state index in [0.717, 1.165) is 11.3 Å². The van der Waals surface area contributed by atoms with E-state index < -0.39 is 12.1 Å². The Bertz CT molecular complexity index is 443. The van der Waals surface area contributed by atoms with E-state index in [2.05, 4.69) is 5.32 Å². The minimum atomic E-state index is -1.09. The van der Waals surface area contributed by atoms with E-state index in [4.69, 9.17) is 14.6 Å². The molecule has 0 heterocycles. The maximum Gasteiger partial charge on any atom is 0.332 e. The van der Waals surface area contributed by atoms with Crippen LogP contribution in [0.5, 0.6) is 5.75 Å². The lowest BCUT2D eigenvalue weighted by Crippen LogP contribution is -2.32. The summed E-state index contributed by atoms with van der Waals surface area (Å²) in [4.78, 5) is 21.9. The molecule has 0 radical (unpaired) electrons. The molecule has 20 heavy (non-hydrogen) atoms. The molecule has 1 aromatic rings. The Hall–Kier alpha value is -2.08. The van der Waals surface area contributed by atoms with E-state index in [9.17, 15) is 9.59 Å². The van der Waals surface area contributed by atoms with Crippen LogP contribution in [0.2, 0.25) is 0 Å². The zero-order valence-corrected chi connectivity index (χ0v) is 11.6. The summed E-state index contributed by atoms with van der Waals surface area (Å²) >= 11 is 0. The largest absolute Gasteiger partial charge is 0.497 e. The smallest absolute Gasteiger partial charge is 0.332 e. The monoisotopic (exact) mass is 281 g/mol. The molecule has 0 fully saturated rings. The lowest BCUT2D eigenvalue weighted by Gasteiger charge is -2.09. The number of amides is 1. The lowest BCUT2D eigenvalue weighted by molar-refractivity contribution is -0.150. The molecule has 0 saturated carbocycles. The summed E-state index contributed by atoms with van der Waals surface area (Å²) in [7, 11) is 1.60. The number of aliphatic carboxylic acids is 1. The zero-order chi connectivity index (χ0) is 15.0. The molecule has 6 nitrogen and oxygen atoms in total. The predicted molar refractivity (Wildman–Crippen MR) is 72.8 cm³/mol. The molecule has 0 aromatic heterocycles. The summed E-state index contributed by atoms with van der Waals surface area (Å²) in [6.45, 7) is 1.60. The first-order chi connectivity index (χ1) is 9.52. The Morgan fingerprint density at radius 1 is 1.30 bits per heavy atom. The van der Waals surface area contributed by atoms with Crippen LogP contribution in [-0.4, -0.2) is 43.3 Å². The fourth-order valence-corrected chi connectivity index (χ4v) is 1.46. The number of carboxylic acids is 1. The van der Waals surface area contributed by atoms with Gasteiger partial charge in [0.1, 0.15) is 12.4 Å². The van der Waals surface area contributed by atoms with Gasteiger partial charge in [-0.3, -0.25) is 4.79 Å². The van der Waals surface area contributed by atoms with Crippen molar-refractivity contribution in [1.82, 2.24) is 5.32 Å². The molecule has 2 N–H and O–H groups in total. The van der Waals surface area contributed by atoms with Gasteiger partial charge in [-0.25, -0.2) is 4.79 Å². The topological polar surface area (TPSA) is 84.9 Å². The average molecular weight is 281 g/mol. The van der Waals surface area contributed by atoms with Crippen LogP contribution in [0.15, 0.2) is 24.3 Å². The van der Waals surface area contributed by atoms with E-state index in [1.807, 2.05) is 24.3 Å². The molecule has 0 aliphatic rings. The van der Waals surface area contributed by atoms with Crippen molar-refractivity contribution in [2.75, 3.05) is 20.3 Å². The second kappa shape index (κ2) is 8.16. The van der Waals surface area contributed by atoms with Crippen molar-refractivity contribution in [3.8, 4) is 5.75 Å². The summed E-state index contributed by atoms with van der Waals surface area (Å²) in [6, 6.07) is 7.56. The van der Waals surface area contributed by atoms with Gasteiger partial charge in [-0.05, 0) is 31.0 Å². The van der Waals surface area contributed by atoms with E-state index >= 15 is 0 Å². The normalized spacial score (nSPS) is 11.7. The summed E-state index contributed by atoms with van der Waals surface area (Å²) in [5, 5.41) is 11.3. The zero-order valence-electron chi connectivity index (χ0n) is 11.6. The van der Waals surface area contributed by atoms with Gasteiger partial charge in [0.15, 0.2) is 6.10 Å². The van der Waals surface area contributed by atoms with Crippen LogP contribution in [0.3, 0.4) is 0 Å². The van der Waals surface area contributed by atoms with Gasteiger partial charge < -0.3 is 19.9 Å². The first kappa shape index (κ1) is 16.0. The standard InChI is InChI=1S/C14H19NO5/c1-10(14(17)18)20-9-13(16)15-8-7-11-3-5-12(19-2)6-4-11/h3-6,10H,7-9H2,1-2H3,(H,15,16)(H,17,18). The van der Waals surface area contributed by atoms with Gasteiger partial charge >= 0.3 is 5.97 Å². The van der Waals surface area contributed by atoms with Crippen molar-refractivity contribution in [2.24, 2.45) is 0 Å². The highest BCUT2D eigenvalue weighted by molar-refractivity contribution is 5.78. The van der Waals surface area contributed by atoms with Crippen LogP contribution in [-0.2, 0) is 20.7 Å². The number of hydrogen-bond donors (Lipinski definition) is 2. The van der Waals surface area contributed by atoms with Crippen molar-refractivity contribution in [3.05, 3.63) is 29.8 Å². The lowest BCUT2D eigenvalue weighted by atomic mass is 10.1. The van der Waals surface area contributed by atoms with Gasteiger partial charge in [-0.15, -0.1) is 0 Å². The number of benzene rings is 1. The van der Waals surface area contributed by atoms with E-state index in [0.29, 0.717) is 13.0 Å². The molecule has 0 aliphatic carbocycles. The first-order valence-electron chi connectivity index (χ1n) is 6.27. The Morgan fingerprint density at radius 3 is 2.50 bits per heavy atom. The Balaban J connectivity index is 2.22. The molecule has 1 unspecified atom stereocenters. The van der Waals surface area contributed by atoms with Gasteiger partial charge in [-0.2, -0.15) is 0 Å². The summed E-state index contributed by atoms with van der Waals surface area (Å²) in [6.07, 6.45) is -0.299. The van der Waals surface area contributed by atoms with Gasteiger partial charge in [0, 0.05) is 6.54 Å². The average Bonchev–Trinajstić information content (AvgIpc) is 2.45. The molecule has 6 heteroatoms. The van der Waals surface area contributed by atoms with E-state index in [1.54, 1.807) is 7.11 Å². The predicted octanol–water partition coefficient (Wildman–Crippen LogP) is 0.844. The van der Waals surface area contributed by atoms with Gasteiger partial charge in [0.2, 0.25) is 5.91 Å². The molecule has 0 bridgehead atoms. The number of ether oxygens (including phenoxy) is 2. The van der Waals surface area contributed by atoms with Gasteiger partial charge in [0.25, 0.3) is 0 Å². The number of rotatable bonds is 8. The van der Waals surface area contributed by atoms with Crippen molar-refractivity contribution in [1.29, 1.82) is 0 Å². The highest BCUT2D eigenvalue weighted by Crippen LogP contribution is 2.11. The maximum atomic E-state index is 11.4. The second-order valence-electron chi connectivity index (χ2n) is 4.24. The minimum Gasteiger partial charge on any atom is -0.497 e. The third-order valence-corrected chi connectivity index (χ3v) is 2.71. The maximum absolute atomic E-state index is 11.4. The number of nitrogens with one attached hydrogen (secondary N) is 1. The summed E-state index contributed by atoms with van der Waals surface area (Å²) in [5.41, 5.74) is 1.07. The van der Waals surface area contributed by atoms with E-state index in [-0.39, 0.29) is 12.5 Å². The van der Waals surface area contributed by atoms with Gasteiger partial charge in [0.05, 0.1) is 7.11 Å². The molecule has 1 amide bonds. The van der Waals surface area contributed by atoms with Crippen LogP contribution >= 0.6 is 0 Å². The number of carbonyl (C=O) groups is 2. The number of carboxylic acid groups (broad SMARTS) is 1. The number of methoxy groups -OCH3 is 1. The molecule has 0 spiro atoms. The summed E-state index contributed by atoms with van der Waals surface area (Å²) in [5.74, 6) is -0.628. The highest BCUT2D eigenvalue weighted by atomic mass is 16.5. The SMILES string of the molecule is COc1ccc(CCNC(=O)COC(C)C(=O)O)cc1. The van der Waals surface area contributed by atoms with Crippen molar-refractivity contribution < 1.29 is 24.2 Å².